The van der Waals surface area contributed by atoms with Crippen LogP contribution >= 0.6 is 0 Å². The van der Waals surface area contributed by atoms with Crippen LogP contribution in [0.15, 0.2) is 34.6 Å². The highest BCUT2D eigenvalue weighted by molar-refractivity contribution is 5.55. The Kier molecular flexibility index (Phi) is 5.57. The van der Waals surface area contributed by atoms with Gasteiger partial charge in [-0.2, -0.15) is 5.26 Å². The van der Waals surface area contributed by atoms with Gasteiger partial charge in [0.25, 0.3) is 0 Å². The first kappa shape index (κ1) is 18.6. The Hall–Kier alpha value is -2.69. The minimum absolute atomic E-state index is 0.0576. The van der Waals surface area contributed by atoms with Crippen molar-refractivity contribution in [2.75, 3.05) is 18.8 Å². The zero-order chi connectivity index (χ0) is 18.6. The molecule has 1 fully saturated rings. The van der Waals surface area contributed by atoms with Gasteiger partial charge in [-0.1, -0.05) is 6.07 Å². The van der Waals surface area contributed by atoms with Crippen LogP contribution in [0.2, 0.25) is 0 Å². The molecule has 5 nitrogen and oxygen atoms in total. The van der Waals surface area contributed by atoms with Crippen LogP contribution in [0.5, 0.6) is 5.75 Å². The molecule has 1 aromatic rings. The molecular formula is C17H19F3N4O. The second-order valence-electron chi connectivity index (χ2n) is 5.85. The van der Waals surface area contributed by atoms with Crippen LogP contribution in [0.25, 0.3) is 0 Å². The number of nitrogens with two attached hydrogens (primary N) is 1. The van der Waals surface area contributed by atoms with Gasteiger partial charge in [0.15, 0.2) is 5.75 Å². The predicted molar refractivity (Wildman–Crippen MR) is 88.9 cm³/mol. The normalized spacial score (nSPS) is 19.0. The van der Waals surface area contributed by atoms with Crippen molar-refractivity contribution >= 4 is 12.4 Å². The summed E-state index contributed by atoms with van der Waals surface area (Å²) in [5.41, 5.74) is 6.95. The van der Waals surface area contributed by atoms with Gasteiger partial charge in [0.05, 0.1) is 17.3 Å². The van der Waals surface area contributed by atoms with Crippen LogP contribution < -0.4 is 10.5 Å². The van der Waals surface area contributed by atoms with Crippen molar-refractivity contribution in [3.8, 4) is 11.8 Å². The summed E-state index contributed by atoms with van der Waals surface area (Å²) in [6.45, 7) is 6.53. The van der Waals surface area contributed by atoms with E-state index in [4.69, 9.17) is 11.0 Å². The maximum Gasteiger partial charge on any atom is 0.573 e. The Morgan fingerprint density at radius 2 is 2.20 bits per heavy atom. The summed E-state index contributed by atoms with van der Waals surface area (Å²) in [6.07, 6.45) is -3.05. The number of benzene rings is 1. The maximum absolute atomic E-state index is 12.3. The molecule has 25 heavy (non-hydrogen) atoms. The van der Waals surface area contributed by atoms with Crippen LogP contribution in [0, 0.1) is 11.3 Å². The van der Waals surface area contributed by atoms with Crippen molar-refractivity contribution in [3.63, 3.8) is 0 Å². The molecule has 1 atom stereocenters. The summed E-state index contributed by atoms with van der Waals surface area (Å²) in [5.74, 6) is 0.203. The lowest BCUT2D eigenvalue weighted by Crippen LogP contribution is -2.33. The Bertz CT molecular complexity index is 722. The van der Waals surface area contributed by atoms with Crippen LogP contribution in [0.4, 0.5) is 18.9 Å². The monoisotopic (exact) mass is 352 g/mol. The van der Waals surface area contributed by atoms with Crippen molar-refractivity contribution in [2.45, 2.75) is 32.0 Å². The van der Waals surface area contributed by atoms with E-state index in [2.05, 4.69) is 22.5 Å². The largest absolute Gasteiger partial charge is 0.573 e. The molecule has 0 amide bonds. The molecule has 0 aromatic heterocycles. The SMILES string of the molecule is C=N/C(=C(\C)C#N)N1CCCC(c2ccc(OC(F)(F)F)c(N)c2)C1. The molecule has 0 aliphatic carbocycles. The van der Waals surface area contributed by atoms with Crippen molar-refractivity contribution in [3.05, 3.63) is 35.2 Å². The number of alkyl halides is 3. The lowest BCUT2D eigenvalue weighted by molar-refractivity contribution is -0.274. The van der Waals surface area contributed by atoms with Gasteiger partial charge in [-0.15, -0.1) is 13.2 Å². The first-order valence-electron chi connectivity index (χ1n) is 7.73. The summed E-state index contributed by atoms with van der Waals surface area (Å²) < 4.78 is 40.9. The number of hydrogen-bond donors (Lipinski definition) is 1. The second-order valence-corrected chi connectivity index (χ2v) is 5.85. The lowest BCUT2D eigenvalue weighted by atomic mass is 9.90. The van der Waals surface area contributed by atoms with Crippen molar-refractivity contribution in [1.29, 1.82) is 5.26 Å². The first-order chi connectivity index (χ1) is 11.7. The number of allylic oxidation sites excluding steroid dienone is 1. The third kappa shape index (κ3) is 4.66. The molecule has 8 heteroatoms. The summed E-state index contributed by atoms with van der Waals surface area (Å²) in [4.78, 5) is 5.91. The zero-order valence-electron chi connectivity index (χ0n) is 13.8. The van der Waals surface area contributed by atoms with Gasteiger partial charge in [-0.3, -0.25) is 0 Å². The van der Waals surface area contributed by atoms with E-state index in [1.165, 1.54) is 12.1 Å². The highest BCUT2D eigenvalue weighted by Gasteiger charge is 2.32. The summed E-state index contributed by atoms with van der Waals surface area (Å²) in [6, 6.07) is 6.41. The maximum atomic E-state index is 12.3. The average Bonchev–Trinajstić information content (AvgIpc) is 2.56. The minimum atomic E-state index is -4.78. The van der Waals surface area contributed by atoms with Crippen molar-refractivity contribution in [1.82, 2.24) is 4.90 Å². The summed E-state index contributed by atoms with van der Waals surface area (Å²) >= 11 is 0. The molecule has 134 valence electrons. The molecule has 1 heterocycles. The van der Waals surface area contributed by atoms with Crippen LogP contribution in [-0.2, 0) is 0 Å². The number of hydrogen-bond acceptors (Lipinski definition) is 5. The number of halogens is 3. The minimum Gasteiger partial charge on any atom is -0.404 e. The molecular weight excluding hydrogens is 333 g/mol. The third-order valence-corrected chi connectivity index (χ3v) is 4.10. The standard InChI is InChI=1S/C17H19F3N4O/c1-11(9-21)16(23-2)24-7-3-4-13(10-24)12-5-6-15(14(22)8-12)25-17(18,19)20/h5-6,8,13H,2-4,7,10,22H2,1H3/b16-11-. The fourth-order valence-corrected chi connectivity index (χ4v) is 2.99. The van der Waals surface area contributed by atoms with Gasteiger partial charge < -0.3 is 15.4 Å². The fourth-order valence-electron chi connectivity index (χ4n) is 2.99. The number of anilines is 1. The number of aliphatic imine (C=N–C) groups is 1. The predicted octanol–water partition coefficient (Wildman–Crippen LogP) is 3.80. The van der Waals surface area contributed by atoms with Crippen molar-refractivity contribution < 1.29 is 17.9 Å². The van der Waals surface area contributed by atoms with E-state index in [-0.39, 0.29) is 11.6 Å². The summed E-state index contributed by atoms with van der Waals surface area (Å²) in [5, 5.41) is 9.07. The number of nitriles is 1. The van der Waals surface area contributed by atoms with E-state index >= 15 is 0 Å². The van der Waals surface area contributed by atoms with E-state index in [0.29, 0.717) is 17.9 Å². The van der Waals surface area contributed by atoms with E-state index in [9.17, 15) is 13.2 Å². The average molecular weight is 352 g/mol. The van der Waals surface area contributed by atoms with E-state index in [1.807, 2.05) is 4.90 Å². The molecule has 0 radical (unpaired) electrons. The first-order valence-corrected chi connectivity index (χ1v) is 7.73. The van der Waals surface area contributed by atoms with Crippen molar-refractivity contribution in [2.24, 2.45) is 4.99 Å². The number of rotatable bonds is 4. The van der Waals surface area contributed by atoms with Gasteiger partial charge >= 0.3 is 6.36 Å². The fraction of sp³-hybridized carbons (Fsp3) is 0.412. The zero-order valence-corrected chi connectivity index (χ0v) is 13.8. The molecule has 0 bridgehead atoms. The Morgan fingerprint density at radius 3 is 2.76 bits per heavy atom. The molecule has 2 rings (SSSR count). The molecule has 0 spiro atoms. The Morgan fingerprint density at radius 1 is 1.48 bits per heavy atom. The van der Waals surface area contributed by atoms with E-state index in [1.54, 1.807) is 13.0 Å². The number of ether oxygens (including phenoxy) is 1. The lowest BCUT2D eigenvalue weighted by Gasteiger charge is -2.35. The number of nitrogen functional groups attached to an aromatic ring is 1. The van der Waals surface area contributed by atoms with E-state index in [0.717, 1.165) is 24.9 Å². The number of piperidine rings is 1. The second kappa shape index (κ2) is 7.47. The van der Waals surface area contributed by atoms with Gasteiger partial charge in [-0.25, -0.2) is 4.99 Å². The van der Waals surface area contributed by atoms with Gasteiger partial charge in [0, 0.05) is 19.0 Å². The molecule has 1 aliphatic rings. The molecule has 1 saturated heterocycles. The molecule has 0 saturated carbocycles. The van der Waals surface area contributed by atoms with Gasteiger partial charge in [0.2, 0.25) is 0 Å². The highest BCUT2D eigenvalue weighted by Crippen LogP contribution is 2.35. The molecule has 1 aliphatic heterocycles. The number of likely N-dealkylation sites (tertiary alicyclic amines) is 1. The molecule has 1 aromatic carbocycles. The highest BCUT2D eigenvalue weighted by atomic mass is 19.4. The van der Waals surface area contributed by atoms with Crippen LogP contribution in [0.1, 0.15) is 31.2 Å². The smallest absolute Gasteiger partial charge is 0.404 e. The van der Waals surface area contributed by atoms with Crippen LogP contribution in [-0.4, -0.2) is 31.1 Å². The third-order valence-electron chi connectivity index (χ3n) is 4.10. The Balaban J connectivity index is 2.20. The topological polar surface area (TPSA) is 74.6 Å². The van der Waals surface area contributed by atoms with E-state index < -0.39 is 12.1 Å². The molecule has 2 N–H and O–H groups in total. The molecule has 1 unspecified atom stereocenters. The van der Waals surface area contributed by atoms with Gasteiger partial charge in [0.1, 0.15) is 5.82 Å². The Labute approximate surface area is 144 Å². The van der Waals surface area contributed by atoms with Crippen LogP contribution in [0.3, 0.4) is 0 Å². The summed E-state index contributed by atoms with van der Waals surface area (Å²) in [7, 11) is 0. The quantitative estimate of drug-likeness (QED) is 0.508. The number of nitrogens with zero attached hydrogens (tertiary/aromatic N) is 3. The van der Waals surface area contributed by atoms with Gasteiger partial charge in [-0.05, 0) is 44.2 Å².